The minimum atomic E-state index is 0.566. The molecule has 2 unspecified atom stereocenters. The van der Waals surface area contributed by atoms with Crippen LogP contribution in [0.4, 0.5) is 0 Å². The van der Waals surface area contributed by atoms with Gasteiger partial charge in [0.15, 0.2) is 0 Å². The van der Waals surface area contributed by atoms with Gasteiger partial charge in [-0.05, 0) is 74.4 Å². The first-order valence-corrected chi connectivity index (χ1v) is 11.8. The monoisotopic (exact) mass is 379 g/mol. The summed E-state index contributed by atoms with van der Waals surface area (Å²) < 4.78 is 0. The zero-order valence-electron chi connectivity index (χ0n) is 17.4. The van der Waals surface area contributed by atoms with E-state index >= 15 is 0 Å². The molecule has 3 nitrogen and oxygen atoms in total. The highest BCUT2D eigenvalue weighted by Crippen LogP contribution is 2.52. The molecule has 0 amide bonds. The van der Waals surface area contributed by atoms with Crippen LogP contribution >= 0.6 is 12.6 Å². The van der Waals surface area contributed by atoms with E-state index in [1.54, 1.807) is 0 Å². The zero-order chi connectivity index (χ0) is 18.3. The van der Waals surface area contributed by atoms with Crippen molar-refractivity contribution in [1.82, 2.24) is 14.7 Å². The third-order valence-electron chi connectivity index (χ3n) is 7.96. The first kappa shape index (κ1) is 19.5. The number of hydrogen-bond donors (Lipinski definition) is 1. The molecular weight excluding hydrogens is 338 g/mol. The van der Waals surface area contributed by atoms with Gasteiger partial charge in [0, 0.05) is 58.4 Å². The Bertz CT molecular complexity index is 454. The van der Waals surface area contributed by atoms with E-state index in [-0.39, 0.29) is 0 Å². The third kappa shape index (κ3) is 4.45. The molecule has 0 spiro atoms. The summed E-state index contributed by atoms with van der Waals surface area (Å²) in [5.74, 6) is 2.93. The topological polar surface area (TPSA) is 9.72 Å². The predicted octanol–water partition coefficient (Wildman–Crippen LogP) is 3.46. The fourth-order valence-electron chi connectivity index (χ4n) is 6.32. The smallest absolute Gasteiger partial charge is 0.0113 e. The first-order chi connectivity index (χ1) is 12.4. The molecule has 0 aromatic rings. The molecule has 150 valence electrons. The Hall–Kier alpha value is 0.230. The van der Waals surface area contributed by atoms with E-state index in [1.807, 2.05) is 0 Å². The lowest BCUT2D eigenvalue weighted by molar-refractivity contribution is 0.0426. The molecule has 4 atom stereocenters. The van der Waals surface area contributed by atoms with Crippen molar-refractivity contribution in [1.29, 1.82) is 0 Å². The number of nitrogens with zero attached hydrogens (tertiary/aromatic N) is 3. The van der Waals surface area contributed by atoms with Crippen molar-refractivity contribution >= 4 is 12.6 Å². The fourth-order valence-corrected chi connectivity index (χ4v) is 6.71. The molecule has 4 fully saturated rings. The number of likely N-dealkylation sites (tertiary alicyclic amines) is 1. The maximum atomic E-state index is 4.68. The van der Waals surface area contributed by atoms with Crippen LogP contribution in [0.2, 0.25) is 0 Å². The number of fused-ring (bicyclic) bond motifs is 2. The highest BCUT2D eigenvalue weighted by molar-refractivity contribution is 7.80. The number of thiol groups is 1. The van der Waals surface area contributed by atoms with E-state index in [1.165, 1.54) is 84.5 Å². The van der Waals surface area contributed by atoms with Gasteiger partial charge >= 0.3 is 0 Å². The minimum Gasteiger partial charge on any atom is -0.302 e. The molecule has 0 N–H and O–H groups in total. The van der Waals surface area contributed by atoms with E-state index in [9.17, 15) is 0 Å². The summed E-state index contributed by atoms with van der Waals surface area (Å²) in [4.78, 5) is 8.29. The van der Waals surface area contributed by atoms with Crippen molar-refractivity contribution in [2.24, 2.45) is 23.2 Å². The molecule has 26 heavy (non-hydrogen) atoms. The summed E-state index contributed by atoms with van der Waals surface area (Å²) in [5.41, 5.74) is 0.640. The molecule has 2 saturated heterocycles. The fraction of sp³-hybridized carbons (Fsp3) is 1.00. The summed E-state index contributed by atoms with van der Waals surface area (Å²) in [7, 11) is 0. The number of piperidine rings is 1. The Labute approximate surface area is 167 Å². The first-order valence-electron chi connectivity index (χ1n) is 11.3. The van der Waals surface area contributed by atoms with Crippen LogP contribution < -0.4 is 0 Å². The molecule has 4 aliphatic rings. The average molecular weight is 380 g/mol. The van der Waals surface area contributed by atoms with Crippen LogP contribution in [0.1, 0.15) is 52.9 Å². The van der Waals surface area contributed by atoms with E-state index in [2.05, 4.69) is 48.1 Å². The summed E-state index contributed by atoms with van der Waals surface area (Å²) in [6, 6.07) is 0.714. The maximum absolute atomic E-state index is 4.68. The van der Waals surface area contributed by atoms with Gasteiger partial charge in [-0.25, -0.2) is 0 Å². The van der Waals surface area contributed by atoms with E-state index in [4.69, 9.17) is 0 Å². The molecule has 0 radical (unpaired) electrons. The Balaban J connectivity index is 1.27. The van der Waals surface area contributed by atoms with Gasteiger partial charge in [-0.15, -0.1) is 0 Å². The Kier molecular flexibility index (Phi) is 5.96. The summed E-state index contributed by atoms with van der Waals surface area (Å²) in [5, 5.41) is 0.566. The molecule has 2 aliphatic heterocycles. The van der Waals surface area contributed by atoms with Gasteiger partial charge in [-0.1, -0.05) is 6.92 Å². The van der Waals surface area contributed by atoms with Crippen LogP contribution in [0.5, 0.6) is 0 Å². The summed E-state index contributed by atoms with van der Waals surface area (Å²) in [6.45, 7) is 17.6. The molecule has 2 bridgehead atoms. The van der Waals surface area contributed by atoms with Crippen molar-refractivity contribution in [3.8, 4) is 0 Å². The highest BCUT2D eigenvalue weighted by atomic mass is 32.1. The number of piperazine rings is 1. The summed E-state index contributed by atoms with van der Waals surface area (Å²) >= 11 is 4.68. The average Bonchev–Trinajstić information content (AvgIpc) is 3.28. The van der Waals surface area contributed by atoms with E-state index in [0.29, 0.717) is 16.7 Å². The van der Waals surface area contributed by atoms with E-state index in [0.717, 1.165) is 17.8 Å². The van der Waals surface area contributed by atoms with Crippen LogP contribution in [0, 0.1) is 23.2 Å². The molecule has 2 heterocycles. The molecule has 4 heteroatoms. The van der Waals surface area contributed by atoms with Gasteiger partial charge in [0.2, 0.25) is 0 Å². The Morgan fingerprint density at radius 2 is 1.54 bits per heavy atom. The molecule has 0 aromatic carbocycles. The molecular formula is C22H41N3S. The van der Waals surface area contributed by atoms with Gasteiger partial charge in [-0.2, -0.15) is 12.6 Å². The van der Waals surface area contributed by atoms with E-state index < -0.39 is 0 Å². The zero-order valence-corrected chi connectivity index (χ0v) is 18.3. The second-order valence-corrected chi connectivity index (χ2v) is 11.3. The van der Waals surface area contributed by atoms with Crippen molar-refractivity contribution in [3.63, 3.8) is 0 Å². The number of hydrogen-bond acceptors (Lipinski definition) is 4. The van der Waals surface area contributed by atoms with Crippen LogP contribution in [0.3, 0.4) is 0 Å². The molecule has 0 aromatic heterocycles. The van der Waals surface area contributed by atoms with Crippen molar-refractivity contribution in [3.05, 3.63) is 0 Å². The molecule has 4 rings (SSSR count). The largest absolute Gasteiger partial charge is 0.302 e. The van der Waals surface area contributed by atoms with Gasteiger partial charge < -0.3 is 9.80 Å². The maximum Gasteiger partial charge on any atom is 0.0113 e. The second-order valence-electron chi connectivity index (χ2n) is 10.4. The van der Waals surface area contributed by atoms with Crippen molar-refractivity contribution < 1.29 is 0 Å². The second kappa shape index (κ2) is 7.93. The molecule has 2 saturated carbocycles. The van der Waals surface area contributed by atoms with Crippen molar-refractivity contribution in [2.45, 2.75) is 64.2 Å². The van der Waals surface area contributed by atoms with Crippen LogP contribution in [0.15, 0.2) is 0 Å². The third-order valence-corrected chi connectivity index (χ3v) is 8.14. The van der Waals surface area contributed by atoms with Crippen LogP contribution in [-0.2, 0) is 0 Å². The predicted molar refractivity (Wildman–Crippen MR) is 114 cm³/mol. The molecule has 2 aliphatic carbocycles. The lowest BCUT2D eigenvalue weighted by Crippen LogP contribution is -2.52. The lowest BCUT2D eigenvalue weighted by atomic mass is 9.83. The highest BCUT2D eigenvalue weighted by Gasteiger charge is 2.48. The lowest BCUT2D eigenvalue weighted by Gasteiger charge is -2.43. The Morgan fingerprint density at radius 3 is 2.04 bits per heavy atom. The van der Waals surface area contributed by atoms with Gasteiger partial charge in [-0.3, -0.25) is 4.90 Å². The quantitative estimate of drug-likeness (QED) is 0.679. The SMILES string of the molecule is CC(S)CC1(CN2C[C@H]3CC[C@@H](C2)C3CN2CCN(C(C)C)CC2)CC1. The van der Waals surface area contributed by atoms with Gasteiger partial charge in [0.05, 0.1) is 0 Å². The Morgan fingerprint density at radius 1 is 0.923 bits per heavy atom. The number of rotatable bonds is 7. The normalized spacial score (nSPS) is 36.6. The van der Waals surface area contributed by atoms with Crippen LogP contribution in [-0.4, -0.2) is 78.3 Å². The van der Waals surface area contributed by atoms with Gasteiger partial charge in [0.25, 0.3) is 0 Å². The summed E-state index contributed by atoms with van der Waals surface area (Å²) in [6.07, 6.45) is 7.22. The van der Waals surface area contributed by atoms with Crippen LogP contribution in [0.25, 0.3) is 0 Å². The van der Waals surface area contributed by atoms with Crippen molar-refractivity contribution in [2.75, 3.05) is 52.4 Å². The standard InChI is InChI=1S/C22H41N3S/c1-17(2)25-10-8-23(9-11-25)15-21-19-4-5-20(21)14-24(13-19)16-22(6-7-22)12-18(3)26/h17-21,26H,4-16H2,1-3H3/t18?,19-,20+,21?. The van der Waals surface area contributed by atoms with Gasteiger partial charge in [0.1, 0.15) is 0 Å². The minimum absolute atomic E-state index is 0.566.